The number of benzene rings is 1. The number of nitrogens with zero attached hydrogens (tertiary/aromatic N) is 1. The number of carbonyl (C=O) groups is 1. The van der Waals surface area contributed by atoms with Gasteiger partial charge in [0.05, 0.1) is 10.8 Å². The number of hydrogen-bond donors (Lipinski definition) is 1. The summed E-state index contributed by atoms with van der Waals surface area (Å²) in [6.45, 7) is 6.70. The van der Waals surface area contributed by atoms with Crippen molar-refractivity contribution in [3.63, 3.8) is 0 Å². The Morgan fingerprint density at radius 2 is 1.96 bits per heavy atom. The molecular formula is C19H30N2O3S. The predicted molar refractivity (Wildman–Crippen MR) is 99.8 cm³/mol. The average Bonchev–Trinajstić information content (AvgIpc) is 2.60. The Hall–Kier alpha value is -1.40. The Morgan fingerprint density at radius 1 is 1.28 bits per heavy atom. The maximum atomic E-state index is 12.9. The number of piperidine rings is 1. The summed E-state index contributed by atoms with van der Waals surface area (Å²) in [6.07, 6.45) is 4.64. The maximum absolute atomic E-state index is 12.9. The highest BCUT2D eigenvalue weighted by molar-refractivity contribution is 7.89. The molecule has 1 N–H and O–H groups in total. The van der Waals surface area contributed by atoms with Crippen molar-refractivity contribution in [3.05, 3.63) is 29.8 Å². The molecule has 1 aromatic carbocycles. The van der Waals surface area contributed by atoms with Crippen LogP contribution in [-0.4, -0.2) is 37.8 Å². The highest BCUT2D eigenvalue weighted by Gasteiger charge is 2.33. The standard InChI is InChI=1S/C19H30N2O3S/c1-4-5-7-16-9-11-18(12-10-16)25(23,24)21-13-6-8-17(14-21)19(22)20-15(2)3/h9-12,15,17H,4-8,13-14H2,1-3H3,(H,20,22). The minimum atomic E-state index is -3.54. The first-order valence-corrected chi connectivity index (χ1v) is 10.7. The fraction of sp³-hybridized carbons (Fsp3) is 0.632. The third kappa shape index (κ3) is 5.28. The number of unbranched alkanes of at least 4 members (excludes halogenated alkanes) is 1. The van der Waals surface area contributed by atoms with Gasteiger partial charge in [-0.05, 0) is 57.2 Å². The Labute approximate surface area is 151 Å². The lowest BCUT2D eigenvalue weighted by Gasteiger charge is -2.31. The van der Waals surface area contributed by atoms with Crippen LogP contribution in [-0.2, 0) is 21.2 Å². The quantitative estimate of drug-likeness (QED) is 0.807. The molecule has 6 heteroatoms. The van der Waals surface area contributed by atoms with Crippen molar-refractivity contribution in [2.45, 2.75) is 63.8 Å². The summed E-state index contributed by atoms with van der Waals surface area (Å²) < 4.78 is 27.3. The van der Waals surface area contributed by atoms with Crippen molar-refractivity contribution in [2.24, 2.45) is 5.92 Å². The lowest BCUT2D eigenvalue weighted by molar-refractivity contribution is -0.126. The van der Waals surface area contributed by atoms with Crippen molar-refractivity contribution >= 4 is 15.9 Å². The molecule has 0 spiro atoms. The van der Waals surface area contributed by atoms with E-state index in [1.165, 1.54) is 4.31 Å². The molecule has 0 saturated carbocycles. The molecule has 1 heterocycles. The molecule has 1 aliphatic rings. The van der Waals surface area contributed by atoms with Crippen LogP contribution in [0.3, 0.4) is 0 Å². The van der Waals surface area contributed by atoms with E-state index in [0.29, 0.717) is 17.9 Å². The summed E-state index contributed by atoms with van der Waals surface area (Å²) in [6, 6.07) is 7.25. The van der Waals surface area contributed by atoms with Crippen molar-refractivity contribution in [1.29, 1.82) is 0 Å². The summed E-state index contributed by atoms with van der Waals surface area (Å²) in [4.78, 5) is 12.5. The number of aryl methyl sites for hydroxylation is 1. The van der Waals surface area contributed by atoms with Crippen LogP contribution in [0.5, 0.6) is 0 Å². The fourth-order valence-corrected chi connectivity index (χ4v) is 4.66. The van der Waals surface area contributed by atoms with Gasteiger partial charge in [-0.1, -0.05) is 25.5 Å². The van der Waals surface area contributed by atoms with Crippen LogP contribution in [0.25, 0.3) is 0 Å². The van der Waals surface area contributed by atoms with E-state index in [9.17, 15) is 13.2 Å². The molecule has 1 fully saturated rings. The van der Waals surface area contributed by atoms with Gasteiger partial charge in [-0.2, -0.15) is 4.31 Å². The van der Waals surface area contributed by atoms with Crippen LogP contribution in [0, 0.1) is 5.92 Å². The molecule has 2 rings (SSSR count). The number of amides is 1. The second kappa shape index (κ2) is 8.81. The van der Waals surface area contributed by atoms with Crippen LogP contribution in [0.2, 0.25) is 0 Å². The summed E-state index contributed by atoms with van der Waals surface area (Å²) in [5, 5.41) is 2.89. The molecular weight excluding hydrogens is 336 g/mol. The maximum Gasteiger partial charge on any atom is 0.243 e. The largest absolute Gasteiger partial charge is 0.354 e. The van der Waals surface area contributed by atoms with Gasteiger partial charge in [-0.25, -0.2) is 8.42 Å². The van der Waals surface area contributed by atoms with Gasteiger partial charge in [0.15, 0.2) is 0 Å². The van der Waals surface area contributed by atoms with Crippen LogP contribution in [0.15, 0.2) is 29.2 Å². The van der Waals surface area contributed by atoms with E-state index >= 15 is 0 Å². The van der Waals surface area contributed by atoms with Crippen molar-refractivity contribution in [1.82, 2.24) is 9.62 Å². The van der Waals surface area contributed by atoms with E-state index < -0.39 is 10.0 Å². The highest BCUT2D eigenvalue weighted by atomic mass is 32.2. The average molecular weight is 367 g/mol. The topological polar surface area (TPSA) is 66.5 Å². The Kier molecular flexibility index (Phi) is 7.02. The second-order valence-electron chi connectivity index (χ2n) is 7.11. The first-order chi connectivity index (χ1) is 11.8. The molecule has 1 aliphatic heterocycles. The van der Waals surface area contributed by atoms with Crippen LogP contribution < -0.4 is 5.32 Å². The molecule has 1 amide bonds. The summed E-state index contributed by atoms with van der Waals surface area (Å²) in [7, 11) is -3.54. The zero-order valence-corrected chi connectivity index (χ0v) is 16.3. The van der Waals surface area contributed by atoms with Gasteiger partial charge in [0.25, 0.3) is 0 Å². The molecule has 5 nitrogen and oxygen atoms in total. The van der Waals surface area contributed by atoms with Gasteiger partial charge >= 0.3 is 0 Å². The Balaban J connectivity index is 2.09. The molecule has 1 atom stereocenters. The number of hydrogen-bond acceptors (Lipinski definition) is 3. The Bertz CT molecular complexity index is 668. The number of nitrogens with one attached hydrogen (secondary N) is 1. The minimum Gasteiger partial charge on any atom is -0.354 e. The summed E-state index contributed by atoms with van der Waals surface area (Å²) in [5.41, 5.74) is 1.16. The first-order valence-electron chi connectivity index (χ1n) is 9.24. The van der Waals surface area contributed by atoms with Crippen LogP contribution >= 0.6 is 0 Å². The van der Waals surface area contributed by atoms with E-state index in [-0.39, 0.29) is 24.4 Å². The smallest absolute Gasteiger partial charge is 0.243 e. The van der Waals surface area contributed by atoms with Gasteiger partial charge in [0, 0.05) is 19.1 Å². The molecule has 25 heavy (non-hydrogen) atoms. The summed E-state index contributed by atoms with van der Waals surface area (Å²) in [5.74, 6) is -0.320. The molecule has 0 aromatic heterocycles. The molecule has 0 radical (unpaired) electrons. The molecule has 1 aromatic rings. The number of sulfonamides is 1. The van der Waals surface area contributed by atoms with Gasteiger partial charge in [0.2, 0.25) is 15.9 Å². The zero-order valence-electron chi connectivity index (χ0n) is 15.5. The normalized spacial score (nSPS) is 19.1. The third-order valence-electron chi connectivity index (χ3n) is 4.57. The lowest BCUT2D eigenvalue weighted by atomic mass is 9.98. The van der Waals surface area contributed by atoms with Gasteiger partial charge in [0.1, 0.15) is 0 Å². The van der Waals surface area contributed by atoms with Gasteiger partial charge in [-0.15, -0.1) is 0 Å². The van der Waals surface area contributed by atoms with Crippen LogP contribution in [0.4, 0.5) is 0 Å². The third-order valence-corrected chi connectivity index (χ3v) is 6.45. The fourth-order valence-electron chi connectivity index (χ4n) is 3.14. The van der Waals surface area contributed by atoms with Crippen LogP contribution in [0.1, 0.15) is 52.0 Å². The summed E-state index contributed by atoms with van der Waals surface area (Å²) >= 11 is 0. The molecule has 0 aliphatic carbocycles. The van der Waals surface area contributed by atoms with E-state index in [0.717, 1.165) is 31.2 Å². The van der Waals surface area contributed by atoms with Crippen molar-refractivity contribution in [2.75, 3.05) is 13.1 Å². The molecule has 140 valence electrons. The molecule has 1 saturated heterocycles. The van der Waals surface area contributed by atoms with Gasteiger partial charge in [-0.3, -0.25) is 4.79 Å². The zero-order chi connectivity index (χ0) is 18.4. The van der Waals surface area contributed by atoms with E-state index in [1.807, 2.05) is 26.0 Å². The Morgan fingerprint density at radius 3 is 2.56 bits per heavy atom. The first kappa shape index (κ1) is 19.9. The molecule has 0 bridgehead atoms. The molecule has 1 unspecified atom stereocenters. The van der Waals surface area contributed by atoms with E-state index in [4.69, 9.17) is 0 Å². The van der Waals surface area contributed by atoms with Gasteiger partial charge < -0.3 is 5.32 Å². The monoisotopic (exact) mass is 366 g/mol. The second-order valence-corrected chi connectivity index (χ2v) is 9.05. The lowest BCUT2D eigenvalue weighted by Crippen LogP contribution is -2.46. The highest BCUT2D eigenvalue weighted by Crippen LogP contribution is 2.24. The predicted octanol–water partition coefficient (Wildman–Crippen LogP) is 2.95. The van der Waals surface area contributed by atoms with E-state index in [2.05, 4.69) is 12.2 Å². The van der Waals surface area contributed by atoms with Crippen molar-refractivity contribution in [3.8, 4) is 0 Å². The number of rotatable bonds is 7. The van der Waals surface area contributed by atoms with E-state index in [1.54, 1.807) is 12.1 Å². The minimum absolute atomic E-state index is 0.0511. The number of carbonyl (C=O) groups excluding carboxylic acids is 1. The SMILES string of the molecule is CCCCc1ccc(S(=O)(=O)N2CCCC(C(=O)NC(C)C)C2)cc1. The van der Waals surface area contributed by atoms with Crippen molar-refractivity contribution < 1.29 is 13.2 Å².